The highest BCUT2D eigenvalue weighted by atomic mass is 31.2. The van der Waals surface area contributed by atoms with Crippen molar-refractivity contribution in [2.24, 2.45) is 0 Å². The molecular weight excluding hydrogens is 675 g/mol. The van der Waals surface area contributed by atoms with Gasteiger partial charge in [0.15, 0.2) is 0 Å². The van der Waals surface area contributed by atoms with Crippen molar-refractivity contribution in [3.63, 3.8) is 0 Å². The molecule has 0 saturated heterocycles. The van der Waals surface area contributed by atoms with Crippen LogP contribution in [-0.2, 0) is 0 Å². The van der Waals surface area contributed by atoms with E-state index in [2.05, 4.69) is 203 Å². The molecular formula is C51H42P2. The van der Waals surface area contributed by atoms with Gasteiger partial charge in [0.25, 0.3) is 0 Å². The molecule has 0 aromatic heterocycles. The Kier molecular flexibility index (Phi) is 8.43. The Bertz CT molecular complexity index is 2920. The maximum Gasteiger partial charge on any atom is -0.00259 e. The van der Waals surface area contributed by atoms with E-state index in [1.165, 1.54) is 98.2 Å². The van der Waals surface area contributed by atoms with Gasteiger partial charge in [-0.2, -0.15) is 0 Å². The number of rotatable bonds is 6. The maximum atomic E-state index is 4.56. The van der Waals surface area contributed by atoms with E-state index in [-0.39, 0.29) is 7.92 Å². The Labute approximate surface area is 314 Å². The lowest BCUT2D eigenvalue weighted by Crippen LogP contribution is -2.02. The van der Waals surface area contributed by atoms with Crippen molar-refractivity contribution in [2.75, 3.05) is 26.7 Å². The van der Waals surface area contributed by atoms with Crippen molar-refractivity contribution in [1.29, 1.82) is 0 Å². The molecule has 0 nitrogen and oxygen atoms in total. The third-order valence-electron chi connectivity index (χ3n) is 10.8. The summed E-state index contributed by atoms with van der Waals surface area (Å²) in [6, 6.07) is 63.9. The zero-order valence-corrected chi connectivity index (χ0v) is 32.6. The van der Waals surface area contributed by atoms with Gasteiger partial charge in [0.2, 0.25) is 0 Å². The summed E-state index contributed by atoms with van der Waals surface area (Å²) >= 11 is 0. The molecule has 0 fully saturated rings. The van der Waals surface area contributed by atoms with Gasteiger partial charge in [-0.3, -0.25) is 0 Å². The van der Waals surface area contributed by atoms with E-state index in [0.29, 0.717) is 0 Å². The van der Waals surface area contributed by atoms with E-state index >= 15 is 0 Å². The Morgan fingerprint density at radius 3 is 1.34 bits per heavy atom. The first-order valence-corrected chi connectivity index (χ1v) is 23.4. The quantitative estimate of drug-likeness (QED) is 0.119. The zero-order chi connectivity index (χ0) is 36.3. The summed E-state index contributed by atoms with van der Waals surface area (Å²) in [5.74, 6) is 0. The standard InChI is InChI=1S/C51H42P2/c1-52(2)44-18-10-16-38(30-44)40-24-26-46-48(32-40)50(42-22-20-34-12-6-8-14-36(34)28-42)47-27-25-41(39-17-11-19-45(31-39)53(3,4)5)33-49(47)51(46)43-23-21-35-13-7-9-15-37(35)29-43/h6-33H,3H2,1-2,4-5H3. The van der Waals surface area contributed by atoms with Crippen molar-refractivity contribution >= 4 is 74.8 Å². The van der Waals surface area contributed by atoms with Crippen LogP contribution in [0.5, 0.6) is 0 Å². The molecule has 9 aromatic carbocycles. The third-order valence-corrected chi connectivity index (χ3v) is 13.8. The molecule has 2 heteroatoms. The average Bonchev–Trinajstić information content (AvgIpc) is 3.19. The van der Waals surface area contributed by atoms with Crippen molar-refractivity contribution in [3.05, 3.63) is 170 Å². The van der Waals surface area contributed by atoms with E-state index in [4.69, 9.17) is 0 Å². The van der Waals surface area contributed by atoms with Crippen LogP contribution in [0.1, 0.15) is 0 Å². The smallest absolute Gasteiger partial charge is 0.00259 e. The van der Waals surface area contributed by atoms with Crippen molar-refractivity contribution in [3.8, 4) is 44.5 Å². The van der Waals surface area contributed by atoms with Crippen molar-refractivity contribution < 1.29 is 0 Å². The van der Waals surface area contributed by atoms with Crippen LogP contribution in [-0.4, -0.2) is 33.0 Å². The summed E-state index contributed by atoms with van der Waals surface area (Å²) in [6.07, 6.45) is 4.56. The molecule has 0 amide bonds. The summed E-state index contributed by atoms with van der Waals surface area (Å²) in [5.41, 5.74) is 10.00. The van der Waals surface area contributed by atoms with Crippen LogP contribution in [0.15, 0.2) is 170 Å². The van der Waals surface area contributed by atoms with Crippen LogP contribution in [0.4, 0.5) is 0 Å². The molecule has 0 aliphatic carbocycles. The predicted molar refractivity (Wildman–Crippen MR) is 242 cm³/mol. The molecule has 53 heavy (non-hydrogen) atoms. The van der Waals surface area contributed by atoms with E-state index in [0.717, 1.165) is 0 Å². The molecule has 9 rings (SSSR count). The normalized spacial score (nSPS) is 12.0. The average molecular weight is 717 g/mol. The minimum Gasteiger partial charge on any atom is -0.0971 e. The van der Waals surface area contributed by atoms with E-state index in [1.54, 1.807) is 0 Å². The van der Waals surface area contributed by atoms with Gasteiger partial charge in [-0.05, 0) is 161 Å². The predicted octanol–water partition coefficient (Wildman–Crippen LogP) is 13.7. The maximum absolute atomic E-state index is 4.56. The Hall–Kier alpha value is -5.25. The molecule has 0 atom stereocenters. The number of hydrogen-bond acceptors (Lipinski definition) is 0. The van der Waals surface area contributed by atoms with Gasteiger partial charge in [-0.15, -0.1) is 0 Å². The van der Waals surface area contributed by atoms with Crippen LogP contribution in [0.2, 0.25) is 0 Å². The highest BCUT2D eigenvalue weighted by Crippen LogP contribution is 2.47. The molecule has 0 aliphatic rings. The fourth-order valence-electron chi connectivity index (χ4n) is 7.92. The molecule has 0 saturated carbocycles. The second-order valence-electron chi connectivity index (χ2n) is 15.1. The van der Waals surface area contributed by atoms with Gasteiger partial charge in [-0.25, -0.2) is 0 Å². The molecule has 0 spiro atoms. The fraction of sp³-hybridized carbons (Fsp3) is 0.0784. The number of benzene rings is 9. The third kappa shape index (κ3) is 6.21. The minimum absolute atomic E-state index is 0.203. The lowest BCUT2D eigenvalue weighted by atomic mass is 9.83. The lowest BCUT2D eigenvalue weighted by Gasteiger charge is -2.21. The first kappa shape index (κ1) is 33.6. The van der Waals surface area contributed by atoms with E-state index in [1.807, 2.05) is 0 Å². The largest absolute Gasteiger partial charge is 0.0971 e. The molecule has 0 radical (unpaired) electrons. The van der Waals surface area contributed by atoms with Gasteiger partial charge in [-0.1, -0.05) is 155 Å². The molecule has 0 heterocycles. The number of hydrogen-bond donors (Lipinski definition) is 0. The van der Waals surface area contributed by atoms with Gasteiger partial charge in [0, 0.05) is 0 Å². The van der Waals surface area contributed by atoms with E-state index in [9.17, 15) is 0 Å². The lowest BCUT2D eigenvalue weighted by molar-refractivity contribution is 1.64. The summed E-state index contributed by atoms with van der Waals surface area (Å²) in [5, 5.41) is 12.8. The Morgan fingerprint density at radius 1 is 0.377 bits per heavy atom. The Balaban J connectivity index is 1.41. The van der Waals surface area contributed by atoms with Crippen LogP contribution < -0.4 is 10.6 Å². The van der Waals surface area contributed by atoms with Gasteiger partial charge < -0.3 is 0 Å². The van der Waals surface area contributed by atoms with Gasteiger partial charge >= 0.3 is 0 Å². The molecule has 0 bridgehead atoms. The molecule has 0 N–H and O–H groups in total. The zero-order valence-electron chi connectivity index (χ0n) is 30.8. The van der Waals surface area contributed by atoms with Crippen LogP contribution in [0.25, 0.3) is 87.6 Å². The molecule has 0 unspecified atom stereocenters. The van der Waals surface area contributed by atoms with Gasteiger partial charge in [0.1, 0.15) is 0 Å². The first-order chi connectivity index (χ1) is 25.7. The number of fused-ring (bicyclic) bond motifs is 4. The molecule has 256 valence electrons. The summed E-state index contributed by atoms with van der Waals surface area (Å²) in [7, 11) is -0.203. The Morgan fingerprint density at radius 2 is 0.830 bits per heavy atom. The summed E-state index contributed by atoms with van der Waals surface area (Å²) in [4.78, 5) is 0. The van der Waals surface area contributed by atoms with Crippen molar-refractivity contribution in [2.45, 2.75) is 0 Å². The second kappa shape index (κ2) is 13.3. The minimum atomic E-state index is -1.43. The highest BCUT2D eigenvalue weighted by Gasteiger charge is 2.20. The molecule has 0 aliphatic heterocycles. The summed E-state index contributed by atoms with van der Waals surface area (Å²) < 4.78 is 0. The van der Waals surface area contributed by atoms with Crippen LogP contribution in [0, 0.1) is 0 Å². The second-order valence-corrected chi connectivity index (χ2v) is 21.3. The first-order valence-electron chi connectivity index (χ1n) is 18.3. The SMILES string of the molecule is C=P(C)(C)c1cccc(-c2ccc3c(-c4ccc5ccccc5c4)c4cc(-c5cccc(P(C)C)c5)ccc4c(-c4ccc5ccccc5c4)c3c2)c1. The summed E-state index contributed by atoms with van der Waals surface area (Å²) in [6.45, 7) is 7.82. The topological polar surface area (TPSA) is 0 Å². The van der Waals surface area contributed by atoms with Crippen LogP contribution >= 0.6 is 14.8 Å². The van der Waals surface area contributed by atoms with Gasteiger partial charge in [0.05, 0.1) is 0 Å². The monoisotopic (exact) mass is 716 g/mol. The fourth-order valence-corrected chi connectivity index (χ4v) is 9.68. The van der Waals surface area contributed by atoms with Crippen LogP contribution in [0.3, 0.4) is 0 Å². The van der Waals surface area contributed by atoms with Crippen molar-refractivity contribution in [1.82, 2.24) is 0 Å². The highest BCUT2D eigenvalue weighted by molar-refractivity contribution is 7.79. The molecule has 9 aromatic rings. The van der Waals surface area contributed by atoms with E-state index < -0.39 is 6.89 Å².